The van der Waals surface area contributed by atoms with Gasteiger partial charge in [0.2, 0.25) is 5.91 Å². The van der Waals surface area contributed by atoms with Crippen molar-refractivity contribution in [2.24, 2.45) is 29.1 Å². The Morgan fingerprint density at radius 2 is 1.50 bits per heavy atom. The van der Waals surface area contributed by atoms with Crippen LogP contribution in [-0.2, 0) is 4.79 Å². The van der Waals surface area contributed by atoms with Crippen LogP contribution in [-0.4, -0.2) is 11.9 Å². The lowest BCUT2D eigenvalue weighted by Crippen LogP contribution is -2.56. The lowest BCUT2D eigenvalue weighted by Gasteiger charge is -2.59. The van der Waals surface area contributed by atoms with Crippen molar-refractivity contribution in [1.29, 1.82) is 0 Å². The molecule has 1 N–H and O–H groups in total. The molecule has 5 aliphatic rings. The van der Waals surface area contributed by atoms with Crippen molar-refractivity contribution < 1.29 is 4.79 Å². The third kappa shape index (κ3) is 2.10. The van der Waals surface area contributed by atoms with E-state index >= 15 is 0 Å². The van der Waals surface area contributed by atoms with E-state index in [4.69, 9.17) is 0 Å². The third-order valence-corrected chi connectivity index (χ3v) is 7.09. The van der Waals surface area contributed by atoms with Gasteiger partial charge in [0.1, 0.15) is 0 Å². The summed E-state index contributed by atoms with van der Waals surface area (Å²) in [6, 6.07) is 0.406. The van der Waals surface area contributed by atoms with Gasteiger partial charge in [-0.1, -0.05) is 12.8 Å². The van der Waals surface area contributed by atoms with Gasteiger partial charge in [0.15, 0.2) is 0 Å². The molecule has 4 bridgehead atoms. The average Bonchev–Trinajstić information content (AvgIpc) is 2.90. The summed E-state index contributed by atoms with van der Waals surface area (Å²) in [6.45, 7) is 2.31. The van der Waals surface area contributed by atoms with Crippen LogP contribution in [0.2, 0.25) is 0 Å². The number of amides is 1. The Labute approximate surface area is 123 Å². The first kappa shape index (κ1) is 13.2. The molecule has 1 atom stereocenters. The zero-order valence-electron chi connectivity index (χ0n) is 12.9. The van der Waals surface area contributed by atoms with Crippen LogP contribution >= 0.6 is 0 Å². The van der Waals surface area contributed by atoms with Crippen molar-refractivity contribution >= 4 is 5.91 Å². The van der Waals surface area contributed by atoms with Gasteiger partial charge in [-0.25, -0.2) is 0 Å². The highest BCUT2D eigenvalue weighted by Gasteiger charge is 2.53. The lowest BCUT2D eigenvalue weighted by atomic mass is 9.48. The van der Waals surface area contributed by atoms with Crippen LogP contribution in [0.4, 0.5) is 0 Å². The standard InChI is InChI=1S/C18H29NO/c1-12(19-17(20)16-4-2-3-5-16)18-9-13-6-14(10-18)8-15(7-13)11-18/h12-16H,2-11H2,1H3,(H,19,20). The van der Waals surface area contributed by atoms with E-state index in [1.54, 1.807) is 0 Å². The summed E-state index contributed by atoms with van der Waals surface area (Å²) in [7, 11) is 0. The summed E-state index contributed by atoms with van der Waals surface area (Å²) in [6.07, 6.45) is 13.4. The van der Waals surface area contributed by atoms with E-state index in [1.165, 1.54) is 51.4 Å². The molecule has 0 aromatic rings. The first-order chi connectivity index (χ1) is 9.64. The van der Waals surface area contributed by atoms with E-state index in [0.29, 0.717) is 23.3 Å². The second-order valence-corrected chi connectivity index (χ2v) is 8.49. The van der Waals surface area contributed by atoms with Gasteiger partial charge in [-0.15, -0.1) is 0 Å². The number of rotatable bonds is 3. The molecule has 5 rings (SSSR count). The minimum atomic E-state index is 0.325. The monoisotopic (exact) mass is 275 g/mol. The Morgan fingerprint density at radius 3 is 2.00 bits per heavy atom. The molecule has 2 heteroatoms. The summed E-state index contributed by atoms with van der Waals surface area (Å²) in [4.78, 5) is 12.4. The fourth-order valence-electron chi connectivity index (χ4n) is 6.38. The van der Waals surface area contributed by atoms with Gasteiger partial charge in [-0.05, 0) is 81.5 Å². The van der Waals surface area contributed by atoms with Crippen LogP contribution in [0.25, 0.3) is 0 Å². The second kappa shape index (κ2) is 4.74. The van der Waals surface area contributed by atoms with E-state index in [9.17, 15) is 4.79 Å². The van der Waals surface area contributed by atoms with Gasteiger partial charge in [0.25, 0.3) is 0 Å². The second-order valence-electron chi connectivity index (χ2n) is 8.49. The SMILES string of the molecule is CC(NC(=O)C1CCCC1)C12CC3CC(CC(C3)C1)C2. The number of carbonyl (C=O) groups is 1. The maximum Gasteiger partial charge on any atom is 0.223 e. The third-order valence-electron chi connectivity index (χ3n) is 7.09. The molecule has 1 unspecified atom stereocenters. The summed E-state index contributed by atoms with van der Waals surface area (Å²) >= 11 is 0. The first-order valence-corrected chi connectivity index (χ1v) is 8.95. The van der Waals surface area contributed by atoms with E-state index in [2.05, 4.69) is 12.2 Å². The Kier molecular flexibility index (Phi) is 3.12. The molecule has 5 fully saturated rings. The number of nitrogens with one attached hydrogen (secondary N) is 1. The first-order valence-electron chi connectivity index (χ1n) is 8.95. The highest BCUT2D eigenvalue weighted by atomic mass is 16.1. The number of hydrogen-bond acceptors (Lipinski definition) is 1. The largest absolute Gasteiger partial charge is 0.353 e. The molecular formula is C18H29NO. The van der Waals surface area contributed by atoms with Crippen molar-refractivity contribution in [2.75, 3.05) is 0 Å². The maximum absolute atomic E-state index is 12.4. The predicted octanol–water partition coefficient (Wildman–Crippen LogP) is 3.90. The van der Waals surface area contributed by atoms with Gasteiger partial charge in [-0.2, -0.15) is 0 Å². The zero-order valence-corrected chi connectivity index (χ0v) is 12.9. The molecule has 0 heterocycles. The smallest absolute Gasteiger partial charge is 0.223 e. The van der Waals surface area contributed by atoms with Crippen LogP contribution in [0.15, 0.2) is 0 Å². The fraction of sp³-hybridized carbons (Fsp3) is 0.944. The topological polar surface area (TPSA) is 29.1 Å². The van der Waals surface area contributed by atoms with Crippen molar-refractivity contribution in [2.45, 2.75) is 77.2 Å². The molecule has 112 valence electrons. The highest BCUT2D eigenvalue weighted by Crippen LogP contribution is 2.61. The van der Waals surface area contributed by atoms with E-state index in [1.807, 2.05) is 0 Å². The number of carbonyl (C=O) groups excluding carboxylic acids is 1. The molecule has 0 saturated heterocycles. The normalized spacial score (nSPS) is 44.8. The summed E-state index contributed by atoms with van der Waals surface area (Å²) in [5.41, 5.74) is 0.461. The van der Waals surface area contributed by atoms with E-state index in [0.717, 1.165) is 30.6 Å². The molecule has 0 aromatic carbocycles. The predicted molar refractivity (Wildman–Crippen MR) is 80.2 cm³/mol. The Morgan fingerprint density at radius 1 is 1.00 bits per heavy atom. The average molecular weight is 275 g/mol. The van der Waals surface area contributed by atoms with Gasteiger partial charge in [0, 0.05) is 12.0 Å². The van der Waals surface area contributed by atoms with Crippen LogP contribution in [0.5, 0.6) is 0 Å². The molecule has 0 aliphatic heterocycles. The maximum atomic E-state index is 12.4. The molecular weight excluding hydrogens is 246 g/mol. The Bertz CT molecular complexity index is 361. The van der Waals surface area contributed by atoms with Gasteiger partial charge in [0.05, 0.1) is 0 Å². The van der Waals surface area contributed by atoms with E-state index in [-0.39, 0.29) is 0 Å². The molecule has 0 spiro atoms. The molecule has 2 nitrogen and oxygen atoms in total. The fourth-order valence-corrected chi connectivity index (χ4v) is 6.38. The van der Waals surface area contributed by atoms with Gasteiger partial charge >= 0.3 is 0 Å². The minimum absolute atomic E-state index is 0.325. The van der Waals surface area contributed by atoms with Crippen molar-refractivity contribution in [3.8, 4) is 0 Å². The van der Waals surface area contributed by atoms with Gasteiger partial charge < -0.3 is 5.32 Å². The Balaban J connectivity index is 1.45. The summed E-state index contributed by atoms with van der Waals surface area (Å²) < 4.78 is 0. The van der Waals surface area contributed by atoms with Crippen molar-refractivity contribution in [3.05, 3.63) is 0 Å². The van der Waals surface area contributed by atoms with Crippen molar-refractivity contribution in [1.82, 2.24) is 5.32 Å². The van der Waals surface area contributed by atoms with Crippen LogP contribution in [0.3, 0.4) is 0 Å². The van der Waals surface area contributed by atoms with Crippen LogP contribution < -0.4 is 5.32 Å². The molecule has 0 radical (unpaired) electrons. The minimum Gasteiger partial charge on any atom is -0.353 e. The molecule has 5 aliphatic carbocycles. The summed E-state index contributed by atoms with van der Waals surface area (Å²) in [5, 5.41) is 3.44. The Hall–Kier alpha value is -0.530. The van der Waals surface area contributed by atoms with Gasteiger partial charge in [-0.3, -0.25) is 4.79 Å². The molecule has 1 amide bonds. The van der Waals surface area contributed by atoms with E-state index < -0.39 is 0 Å². The molecule has 20 heavy (non-hydrogen) atoms. The molecule has 5 saturated carbocycles. The van der Waals surface area contributed by atoms with Crippen LogP contribution in [0, 0.1) is 29.1 Å². The quantitative estimate of drug-likeness (QED) is 0.831. The lowest BCUT2D eigenvalue weighted by molar-refractivity contribution is -0.129. The van der Waals surface area contributed by atoms with Crippen molar-refractivity contribution in [3.63, 3.8) is 0 Å². The van der Waals surface area contributed by atoms with Crippen LogP contribution in [0.1, 0.15) is 71.1 Å². The summed E-state index contributed by atoms with van der Waals surface area (Å²) in [5.74, 6) is 3.63. The number of hydrogen-bond donors (Lipinski definition) is 1. The highest BCUT2D eigenvalue weighted by molar-refractivity contribution is 5.79. The molecule has 0 aromatic heterocycles. The zero-order chi connectivity index (χ0) is 13.7.